The first-order valence-electron chi connectivity index (χ1n) is 6.56. The predicted molar refractivity (Wildman–Crippen MR) is 69.6 cm³/mol. The van der Waals surface area contributed by atoms with Crippen LogP contribution in [0.15, 0.2) is 0 Å². The highest BCUT2D eigenvalue weighted by Gasteiger charge is 2.16. The predicted octanol–water partition coefficient (Wildman–Crippen LogP) is 4.12. The minimum absolute atomic E-state index is 0.800. The summed E-state index contributed by atoms with van der Waals surface area (Å²) in [7, 11) is 0. The molecule has 2 atom stereocenters. The van der Waals surface area contributed by atoms with Gasteiger partial charge in [-0.25, -0.2) is 0 Å². The Kier molecular flexibility index (Phi) is 7.54. The minimum atomic E-state index is 0.800. The molecule has 0 spiro atoms. The molecule has 1 fully saturated rings. The second-order valence-electron chi connectivity index (χ2n) is 4.59. The zero-order valence-corrected chi connectivity index (χ0v) is 11.2. The minimum Gasteiger partial charge on any atom is -0.380 e. The third kappa shape index (κ3) is 5.82. The molecule has 90 valence electrons. The molecule has 0 aromatic heterocycles. The van der Waals surface area contributed by atoms with Gasteiger partial charge in [0.05, 0.1) is 6.61 Å². The van der Waals surface area contributed by atoms with Gasteiger partial charge in [-0.2, -0.15) is 11.8 Å². The molecule has 15 heavy (non-hydrogen) atoms. The van der Waals surface area contributed by atoms with Crippen molar-refractivity contribution in [1.29, 1.82) is 0 Å². The maximum absolute atomic E-state index is 5.85. The Bertz CT molecular complexity index is 143. The van der Waals surface area contributed by atoms with Gasteiger partial charge in [0, 0.05) is 11.9 Å². The Balaban J connectivity index is 2.00. The summed E-state index contributed by atoms with van der Waals surface area (Å²) in [6.07, 6.45) is 8.07. The Morgan fingerprint density at radius 3 is 2.87 bits per heavy atom. The molecule has 1 aliphatic heterocycles. The Morgan fingerprint density at radius 2 is 2.27 bits per heavy atom. The fourth-order valence-corrected chi connectivity index (χ4v) is 3.23. The molecule has 1 nitrogen and oxygen atoms in total. The largest absolute Gasteiger partial charge is 0.380 e. The molecular weight excluding hydrogens is 204 g/mol. The van der Waals surface area contributed by atoms with Crippen LogP contribution in [-0.4, -0.2) is 24.2 Å². The summed E-state index contributed by atoms with van der Waals surface area (Å²) in [6, 6.07) is 0. The lowest BCUT2D eigenvalue weighted by molar-refractivity contribution is 0.0946. The number of rotatable bonds is 8. The lowest BCUT2D eigenvalue weighted by atomic mass is 10.0. The van der Waals surface area contributed by atoms with Crippen LogP contribution in [0.4, 0.5) is 0 Å². The summed E-state index contributed by atoms with van der Waals surface area (Å²) in [4.78, 5) is 0. The van der Waals surface area contributed by atoms with Crippen molar-refractivity contribution >= 4 is 11.8 Å². The summed E-state index contributed by atoms with van der Waals surface area (Å²) in [6.45, 7) is 6.54. The molecule has 1 heterocycles. The number of hydrogen-bond acceptors (Lipinski definition) is 2. The SMILES string of the molecule is CCCCC(CC)COCC1CCCS1. The van der Waals surface area contributed by atoms with Crippen LogP contribution in [0.3, 0.4) is 0 Å². The molecule has 0 aliphatic carbocycles. The molecule has 1 rings (SSSR count). The van der Waals surface area contributed by atoms with Gasteiger partial charge in [0.25, 0.3) is 0 Å². The summed E-state index contributed by atoms with van der Waals surface area (Å²) in [5.74, 6) is 2.15. The molecular formula is C13H26OS. The van der Waals surface area contributed by atoms with Crippen LogP contribution >= 0.6 is 11.8 Å². The van der Waals surface area contributed by atoms with Gasteiger partial charge in [0.15, 0.2) is 0 Å². The van der Waals surface area contributed by atoms with Gasteiger partial charge in [-0.05, 0) is 30.9 Å². The van der Waals surface area contributed by atoms with E-state index in [1.54, 1.807) is 0 Å². The maximum Gasteiger partial charge on any atom is 0.0585 e. The van der Waals surface area contributed by atoms with Crippen LogP contribution in [-0.2, 0) is 4.74 Å². The maximum atomic E-state index is 5.85. The number of unbranched alkanes of at least 4 members (excludes halogenated alkanes) is 1. The number of hydrogen-bond donors (Lipinski definition) is 0. The fourth-order valence-electron chi connectivity index (χ4n) is 2.04. The number of thioether (sulfide) groups is 1. The highest BCUT2D eigenvalue weighted by Crippen LogP contribution is 2.26. The van der Waals surface area contributed by atoms with E-state index < -0.39 is 0 Å². The van der Waals surface area contributed by atoms with Crippen LogP contribution in [0.2, 0.25) is 0 Å². The highest BCUT2D eigenvalue weighted by atomic mass is 32.2. The first kappa shape index (κ1) is 13.4. The summed E-state index contributed by atoms with van der Waals surface area (Å²) in [5.41, 5.74) is 0. The van der Waals surface area contributed by atoms with Crippen molar-refractivity contribution < 1.29 is 4.74 Å². The van der Waals surface area contributed by atoms with Gasteiger partial charge >= 0.3 is 0 Å². The summed E-state index contributed by atoms with van der Waals surface area (Å²) >= 11 is 2.09. The lowest BCUT2D eigenvalue weighted by Crippen LogP contribution is -2.14. The van der Waals surface area contributed by atoms with Crippen LogP contribution in [0.5, 0.6) is 0 Å². The standard InChI is InChI=1S/C13H26OS/c1-3-5-7-12(4-2)10-14-11-13-8-6-9-15-13/h12-13H,3-11H2,1-2H3. The van der Waals surface area contributed by atoms with Gasteiger partial charge in [0.1, 0.15) is 0 Å². The van der Waals surface area contributed by atoms with Crippen LogP contribution in [0.25, 0.3) is 0 Å². The molecule has 0 radical (unpaired) electrons. The van der Waals surface area contributed by atoms with E-state index in [0.29, 0.717) is 0 Å². The molecule has 0 bridgehead atoms. The van der Waals surface area contributed by atoms with Crippen molar-refractivity contribution in [1.82, 2.24) is 0 Å². The van der Waals surface area contributed by atoms with E-state index in [1.165, 1.54) is 44.3 Å². The zero-order valence-electron chi connectivity index (χ0n) is 10.3. The first-order chi connectivity index (χ1) is 7.36. The van der Waals surface area contributed by atoms with Crippen molar-refractivity contribution in [2.75, 3.05) is 19.0 Å². The molecule has 2 unspecified atom stereocenters. The van der Waals surface area contributed by atoms with Crippen LogP contribution in [0.1, 0.15) is 52.4 Å². The third-order valence-corrected chi connectivity index (χ3v) is 4.59. The zero-order chi connectivity index (χ0) is 10.9. The normalized spacial score (nSPS) is 23.2. The average Bonchev–Trinajstić information content (AvgIpc) is 2.76. The van der Waals surface area contributed by atoms with Crippen molar-refractivity contribution in [3.63, 3.8) is 0 Å². The van der Waals surface area contributed by atoms with E-state index in [4.69, 9.17) is 4.74 Å². The molecule has 1 aliphatic rings. The quantitative estimate of drug-likeness (QED) is 0.620. The van der Waals surface area contributed by atoms with E-state index in [0.717, 1.165) is 24.4 Å². The number of ether oxygens (including phenoxy) is 1. The van der Waals surface area contributed by atoms with Gasteiger partial charge < -0.3 is 4.74 Å². The highest BCUT2D eigenvalue weighted by molar-refractivity contribution is 8.00. The Labute approximate surface area is 99.3 Å². The average molecular weight is 230 g/mol. The topological polar surface area (TPSA) is 9.23 Å². The molecule has 0 aromatic rings. The Morgan fingerprint density at radius 1 is 1.40 bits per heavy atom. The molecule has 0 saturated carbocycles. The molecule has 2 heteroatoms. The van der Waals surface area contributed by atoms with Gasteiger partial charge in [0.2, 0.25) is 0 Å². The molecule has 1 saturated heterocycles. The van der Waals surface area contributed by atoms with E-state index >= 15 is 0 Å². The van der Waals surface area contributed by atoms with Crippen molar-refractivity contribution in [2.24, 2.45) is 5.92 Å². The summed E-state index contributed by atoms with van der Waals surface area (Å²) in [5, 5.41) is 0.800. The lowest BCUT2D eigenvalue weighted by Gasteiger charge is -2.16. The molecule has 0 N–H and O–H groups in total. The fraction of sp³-hybridized carbons (Fsp3) is 1.00. The van der Waals surface area contributed by atoms with E-state index in [-0.39, 0.29) is 0 Å². The second-order valence-corrected chi connectivity index (χ2v) is 6.00. The monoisotopic (exact) mass is 230 g/mol. The van der Waals surface area contributed by atoms with E-state index in [2.05, 4.69) is 25.6 Å². The second kappa shape index (κ2) is 8.46. The van der Waals surface area contributed by atoms with Crippen molar-refractivity contribution in [3.05, 3.63) is 0 Å². The van der Waals surface area contributed by atoms with Crippen LogP contribution in [0, 0.1) is 5.92 Å². The van der Waals surface area contributed by atoms with Gasteiger partial charge in [-0.15, -0.1) is 0 Å². The van der Waals surface area contributed by atoms with E-state index in [1.807, 2.05) is 0 Å². The van der Waals surface area contributed by atoms with Crippen molar-refractivity contribution in [2.45, 2.75) is 57.6 Å². The van der Waals surface area contributed by atoms with Gasteiger partial charge in [-0.3, -0.25) is 0 Å². The Hall–Kier alpha value is 0.310. The van der Waals surface area contributed by atoms with E-state index in [9.17, 15) is 0 Å². The third-order valence-electron chi connectivity index (χ3n) is 3.22. The molecule has 0 amide bonds. The first-order valence-corrected chi connectivity index (χ1v) is 7.61. The van der Waals surface area contributed by atoms with Gasteiger partial charge in [-0.1, -0.05) is 33.1 Å². The smallest absolute Gasteiger partial charge is 0.0585 e. The summed E-state index contributed by atoms with van der Waals surface area (Å²) < 4.78 is 5.85. The van der Waals surface area contributed by atoms with Crippen molar-refractivity contribution in [3.8, 4) is 0 Å². The van der Waals surface area contributed by atoms with Crippen LogP contribution < -0.4 is 0 Å². The molecule has 0 aromatic carbocycles.